The smallest absolute Gasteiger partial charge is 0.168 e. The van der Waals surface area contributed by atoms with Gasteiger partial charge in [0.1, 0.15) is 0 Å². The number of hydrogen-bond acceptors (Lipinski definition) is 2. The normalized spacial score (nSPS) is 10.4. The summed E-state index contributed by atoms with van der Waals surface area (Å²) in [5.74, 6) is -0.645. The van der Waals surface area contributed by atoms with E-state index in [0.717, 1.165) is 4.47 Å². The average Bonchev–Trinajstić information content (AvgIpc) is 2.43. The highest BCUT2D eigenvalue weighted by Crippen LogP contribution is 2.25. The van der Waals surface area contributed by atoms with Crippen molar-refractivity contribution >= 4 is 33.3 Å². The highest BCUT2D eigenvalue weighted by atomic mass is 79.9. The number of hydrogen-bond donors (Lipinski definition) is 0. The van der Waals surface area contributed by atoms with Gasteiger partial charge in [-0.1, -0.05) is 39.7 Å². The van der Waals surface area contributed by atoms with Crippen LogP contribution in [0.15, 0.2) is 40.9 Å². The molecular weight excluding hydrogens is 347 g/mol. The fourth-order valence-corrected chi connectivity index (χ4v) is 2.41. The number of methoxy groups -OCH3 is 1. The van der Waals surface area contributed by atoms with Crippen LogP contribution in [-0.2, 0) is 6.42 Å². The molecule has 0 aliphatic rings. The average molecular weight is 358 g/mol. The third-order valence-corrected chi connectivity index (χ3v) is 3.67. The van der Waals surface area contributed by atoms with Crippen LogP contribution >= 0.6 is 27.5 Å². The molecular formula is C15H11BrClFO2. The van der Waals surface area contributed by atoms with Gasteiger partial charge in [0.15, 0.2) is 17.3 Å². The Morgan fingerprint density at radius 2 is 2.10 bits per heavy atom. The molecule has 0 heterocycles. The minimum atomic E-state index is -0.519. The van der Waals surface area contributed by atoms with Crippen molar-refractivity contribution in [2.45, 2.75) is 6.42 Å². The molecule has 0 bridgehead atoms. The number of ketones is 1. The van der Waals surface area contributed by atoms with Crippen LogP contribution in [0, 0.1) is 5.82 Å². The fourth-order valence-electron chi connectivity index (χ4n) is 1.83. The molecule has 0 aliphatic heterocycles. The lowest BCUT2D eigenvalue weighted by molar-refractivity contribution is 0.0992. The topological polar surface area (TPSA) is 26.3 Å². The summed E-state index contributed by atoms with van der Waals surface area (Å²) in [6, 6.07) is 9.71. The van der Waals surface area contributed by atoms with Gasteiger partial charge in [-0.25, -0.2) is 4.39 Å². The van der Waals surface area contributed by atoms with Gasteiger partial charge in [-0.15, -0.1) is 0 Å². The van der Waals surface area contributed by atoms with Gasteiger partial charge in [0, 0.05) is 16.5 Å². The number of benzene rings is 2. The maximum absolute atomic E-state index is 14.0. The molecule has 0 saturated carbocycles. The van der Waals surface area contributed by atoms with Crippen molar-refractivity contribution in [3.05, 3.63) is 62.8 Å². The van der Waals surface area contributed by atoms with E-state index >= 15 is 0 Å². The summed E-state index contributed by atoms with van der Waals surface area (Å²) in [7, 11) is 1.38. The van der Waals surface area contributed by atoms with Crippen molar-refractivity contribution in [2.24, 2.45) is 0 Å². The van der Waals surface area contributed by atoms with E-state index in [1.165, 1.54) is 13.2 Å². The monoisotopic (exact) mass is 356 g/mol. The first-order valence-corrected chi connectivity index (χ1v) is 6.99. The summed E-state index contributed by atoms with van der Waals surface area (Å²) < 4.78 is 19.7. The molecule has 5 heteroatoms. The molecule has 20 heavy (non-hydrogen) atoms. The standard InChI is InChI=1S/C15H11BrClFO2/c1-20-14-4-2-3-9(15(14)18)7-13(19)11-8-10(16)5-6-12(11)17/h2-6,8H,7H2,1H3. The molecule has 0 spiro atoms. The number of carbonyl (C=O) groups is 1. The van der Waals surface area contributed by atoms with Crippen LogP contribution < -0.4 is 4.74 Å². The second kappa shape index (κ2) is 6.37. The summed E-state index contributed by atoms with van der Waals surface area (Å²) in [6.45, 7) is 0. The first-order valence-electron chi connectivity index (χ1n) is 5.82. The molecule has 0 atom stereocenters. The van der Waals surface area contributed by atoms with E-state index in [1.807, 2.05) is 0 Å². The van der Waals surface area contributed by atoms with E-state index in [-0.39, 0.29) is 23.5 Å². The molecule has 2 aromatic carbocycles. The van der Waals surface area contributed by atoms with Crippen molar-refractivity contribution < 1.29 is 13.9 Å². The van der Waals surface area contributed by atoms with Crippen molar-refractivity contribution in [2.75, 3.05) is 7.11 Å². The number of rotatable bonds is 4. The Kier molecular flexibility index (Phi) is 4.78. The predicted molar refractivity (Wildman–Crippen MR) is 80.1 cm³/mol. The third kappa shape index (κ3) is 3.19. The molecule has 0 radical (unpaired) electrons. The SMILES string of the molecule is COc1cccc(CC(=O)c2cc(Br)ccc2Cl)c1F. The second-order valence-electron chi connectivity index (χ2n) is 4.16. The van der Waals surface area contributed by atoms with Crippen LogP contribution in [0.4, 0.5) is 4.39 Å². The largest absolute Gasteiger partial charge is 0.494 e. The molecule has 2 nitrogen and oxygen atoms in total. The van der Waals surface area contributed by atoms with E-state index in [1.54, 1.807) is 30.3 Å². The summed E-state index contributed by atoms with van der Waals surface area (Å²) in [5.41, 5.74) is 0.647. The zero-order valence-corrected chi connectivity index (χ0v) is 13.0. The van der Waals surface area contributed by atoms with Gasteiger partial charge in [0.05, 0.1) is 12.1 Å². The van der Waals surface area contributed by atoms with E-state index < -0.39 is 5.82 Å². The number of halogens is 3. The molecule has 0 aromatic heterocycles. The predicted octanol–water partition coefficient (Wildman–Crippen LogP) is 4.68. The fraction of sp³-hybridized carbons (Fsp3) is 0.133. The van der Waals surface area contributed by atoms with Gasteiger partial charge in [-0.3, -0.25) is 4.79 Å². The maximum atomic E-state index is 14.0. The Labute approximate surface area is 129 Å². The Morgan fingerprint density at radius 1 is 1.35 bits per heavy atom. The molecule has 0 amide bonds. The number of ether oxygens (including phenoxy) is 1. The van der Waals surface area contributed by atoms with Gasteiger partial charge >= 0.3 is 0 Å². The molecule has 0 saturated heterocycles. The summed E-state index contributed by atoms with van der Waals surface area (Å²) >= 11 is 9.28. The Bertz CT molecular complexity index is 658. The maximum Gasteiger partial charge on any atom is 0.168 e. The minimum Gasteiger partial charge on any atom is -0.494 e. The molecule has 2 aromatic rings. The zero-order valence-electron chi connectivity index (χ0n) is 10.6. The molecule has 104 valence electrons. The van der Waals surface area contributed by atoms with Crippen molar-refractivity contribution in [1.29, 1.82) is 0 Å². The van der Waals surface area contributed by atoms with Crippen molar-refractivity contribution in [3.63, 3.8) is 0 Å². The molecule has 0 aliphatic carbocycles. The zero-order chi connectivity index (χ0) is 14.7. The van der Waals surface area contributed by atoms with Crippen molar-refractivity contribution in [3.8, 4) is 5.75 Å². The summed E-state index contributed by atoms with van der Waals surface area (Å²) in [4.78, 5) is 12.2. The van der Waals surface area contributed by atoms with E-state index in [0.29, 0.717) is 10.6 Å². The van der Waals surface area contributed by atoms with Crippen LogP contribution in [0.5, 0.6) is 5.75 Å². The van der Waals surface area contributed by atoms with Crippen molar-refractivity contribution in [1.82, 2.24) is 0 Å². The van der Waals surface area contributed by atoms with Gasteiger partial charge in [-0.2, -0.15) is 0 Å². The van der Waals surface area contributed by atoms with Crippen LogP contribution in [0.2, 0.25) is 5.02 Å². The number of carbonyl (C=O) groups excluding carboxylic acids is 1. The first kappa shape index (κ1) is 15.0. The van der Waals surface area contributed by atoms with Crippen LogP contribution in [0.3, 0.4) is 0 Å². The summed E-state index contributed by atoms with van der Waals surface area (Å²) in [6.07, 6.45) is -0.0702. The van der Waals surface area contributed by atoms with Gasteiger partial charge in [0.2, 0.25) is 0 Å². The lowest BCUT2D eigenvalue weighted by Crippen LogP contribution is -2.06. The van der Waals surface area contributed by atoms with Crippen LogP contribution in [0.25, 0.3) is 0 Å². The highest BCUT2D eigenvalue weighted by Gasteiger charge is 2.16. The lowest BCUT2D eigenvalue weighted by Gasteiger charge is -2.08. The minimum absolute atomic E-state index is 0.0702. The Morgan fingerprint density at radius 3 is 2.80 bits per heavy atom. The van der Waals surface area contributed by atoms with Gasteiger partial charge in [0.25, 0.3) is 0 Å². The van der Waals surface area contributed by atoms with Gasteiger partial charge in [-0.05, 0) is 29.8 Å². The molecule has 2 rings (SSSR count). The van der Waals surface area contributed by atoms with E-state index in [2.05, 4.69) is 15.9 Å². The van der Waals surface area contributed by atoms with E-state index in [4.69, 9.17) is 16.3 Å². The lowest BCUT2D eigenvalue weighted by atomic mass is 10.0. The third-order valence-electron chi connectivity index (χ3n) is 2.84. The Balaban J connectivity index is 2.30. The van der Waals surface area contributed by atoms with E-state index in [9.17, 15) is 9.18 Å². The van der Waals surface area contributed by atoms with Gasteiger partial charge < -0.3 is 4.74 Å². The quantitative estimate of drug-likeness (QED) is 0.743. The van der Waals surface area contributed by atoms with Crippen LogP contribution in [-0.4, -0.2) is 12.9 Å². The molecule has 0 unspecified atom stereocenters. The first-order chi connectivity index (χ1) is 9.52. The Hall–Kier alpha value is -1.39. The summed E-state index contributed by atoms with van der Waals surface area (Å²) in [5, 5.41) is 0.349. The molecule has 0 N–H and O–H groups in total. The number of Topliss-reactive ketones (excluding diaryl/α,β-unsaturated/α-hetero) is 1. The highest BCUT2D eigenvalue weighted by molar-refractivity contribution is 9.10. The molecule has 0 fully saturated rings. The second-order valence-corrected chi connectivity index (χ2v) is 5.48. The van der Waals surface area contributed by atoms with Crippen LogP contribution in [0.1, 0.15) is 15.9 Å².